The first-order valence-corrected chi connectivity index (χ1v) is 5.85. The topological polar surface area (TPSA) is 70.8 Å². The SMILES string of the molecule is O=C(O)[C@@H]1Cc2ccccc2N1C(=O)c1ccoc1. The van der Waals surface area contributed by atoms with E-state index in [9.17, 15) is 14.7 Å². The summed E-state index contributed by atoms with van der Waals surface area (Å²) in [6, 6.07) is 7.90. The number of para-hydroxylation sites is 1. The van der Waals surface area contributed by atoms with E-state index in [0.29, 0.717) is 17.7 Å². The number of benzene rings is 1. The van der Waals surface area contributed by atoms with Crippen LogP contribution in [0.25, 0.3) is 0 Å². The molecule has 0 bridgehead atoms. The van der Waals surface area contributed by atoms with Gasteiger partial charge in [0.05, 0.1) is 11.8 Å². The summed E-state index contributed by atoms with van der Waals surface area (Å²) in [4.78, 5) is 25.0. The van der Waals surface area contributed by atoms with Crippen molar-refractivity contribution in [2.45, 2.75) is 12.5 Å². The van der Waals surface area contributed by atoms with Crippen LogP contribution in [0.15, 0.2) is 47.3 Å². The number of nitrogens with zero attached hydrogens (tertiary/aromatic N) is 1. The second kappa shape index (κ2) is 4.28. The fourth-order valence-electron chi connectivity index (χ4n) is 2.36. The Balaban J connectivity index is 2.05. The Kier molecular flexibility index (Phi) is 2.59. The van der Waals surface area contributed by atoms with Gasteiger partial charge in [-0.1, -0.05) is 18.2 Å². The summed E-state index contributed by atoms with van der Waals surface area (Å²) >= 11 is 0. The van der Waals surface area contributed by atoms with Gasteiger partial charge in [0.2, 0.25) is 0 Å². The molecule has 1 atom stereocenters. The number of carboxylic acids is 1. The number of fused-ring (bicyclic) bond motifs is 1. The zero-order valence-corrected chi connectivity index (χ0v) is 9.95. The van der Waals surface area contributed by atoms with E-state index in [1.165, 1.54) is 23.5 Å². The van der Waals surface area contributed by atoms with Crippen LogP contribution in [0.5, 0.6) is 0 Å². The van der Waals surface area contributed by atoms with E-state index >= 15 is 0 Å². The van der Waals surface area contributed by atoms with Crippen molar-refractivity contribution in [3.63, 3.8) is 0 Å². The fraction of sp³-hybridized carbons (Fsp3) is 0.143. The van der Waals surface area contributed by atoms with E-state index in [1.54, 1.807) is 12.1 Å². The van der Waals surface area contributed by atoms with Crippen LogP contribution >= 0.6 is 0 Å². The number of hydrogen-bond donors (Lipinski definition) is 1. The van der Waals surface area contributed by atoms with E-state index in [4.69, 9.17) is 4.42 Å². The zero-order chi connectivity index (χ0) is 13.4. The van der Waals surface area contributed by atoms with Crippen molar-refractivity contribution in [2.24, 2.45) is 0 Å². The van der Waals surface area contributed by atoms with Gasteiger partial charge < -0.3 is 9.52 Å². The van der Waals surface area contributed by atoms with E-state index in [-0.39, 0.29) is 5.91 Å². The smallest absolute Gasteiger partial charge is 0.327 e. The van der Waals surface area contributed by atoms with Crippen LogP contribution in [0.3, 0.4) is 0 Å². The molecule has 3 rings (SSSR count). The number of carbonyl (C=O) groups is 2. The Hall–Kier alpha value is -2.56. The van der Waals surface area contributed by atoms with Crippen molar-refractivity contribution in [3.8, 4) is 0 Å². The molecule has 0 radical (unpaired) electrons. The van der Waals surface area contributed by atoms with Crippen LogP contribution in [-0.4, -0.2) is 23.0 Å². The summed E-state index contributed by atoms with van der Waals surface area (Å²) in [5, 5.41) is 9.28. The highest BCUT2D eigenvalue weighted by atomic mass is 16.4. The summed E-state index contributed by atoms with van der Waals surface area (Å²) in [5.74, 6) is -1.36. The van der Waals surface area contributed by atoms with Crippen molar-refractivity contribution < 1.29 is 19.1 Å². The number of carbonyl (C=O) groups excluding carboxylic acids is 1. The Bertz CT molecular complexity index is 633. The minimum absolute atomic E-state index is 0.328. The molecule has 0 spiro atoms. The lowest BCUT2D eigenvalue weighted by Crippen LogP contribution is -2.42. The number of hydrogen-bond acceptors (Lipinski definition) is 3. The molecular weight excluding hydrogens is 246 g/mol. The monoisotopic (exact) mass is 257 g/mol. The van der Waals surface area contributed by atoms with Crippen molar-refractivity contribution in [1.82, 2.24) is 0 Å². The van der Waals surface area contributed by atoms with E-state index < -0.39 is 12.0 Å². The number of amides is 1. The second-order valence-electron chi connectivity index (χ2n) is 4.37. The Labute approximate surface area is 109 Å². The summed E-state index contributed by atoms with van der Waals surface area (Å²) in [6.07, 6.45) is 3.04. The molecule has 0 aliphatic carbocycles. The van der Waals surface area contributed by atoms with Crippen molar-refractivity contribution in [3.05, 3.63) is 54.0 Å². The molecule has 5 heteroatoms. The molecule has 1 N–H and O–H groups in total. The molecule has 1 aliphatic heterocycles. The Morgan fingerprint density at radius 2 is 2.05 bits per heavy atom. The number of carboxylic acid groups (broad SMARTS) is 1. The molecule has 0 unspecified atom stereocenters. The molecule has 1 aromatic heterocycles. The molecule has 96 valence electrons. The third kappa shape index (κ3) is 1.79. The quantitative estimate of drug-likeness (QED) is 0.892. The first-order valence-electron chi connectivity index (χ1n) is 5.85. The van der Waals surface area contributed by atoms with Crippen LogP contribution in [0.2, 0.25) is 0 Å². The first kappa shape index (κ1) is 11.5. The van der Waals surface area contributed by atoms with Gasteiger partial charge in [0.1, 0.15) is 12.3 Å². The standard InChI is InChI=1S/C14H11NO4/c16-13(10-5-6-19-8-10)15-11-4-2-1-3-9(11)7-12(15)14(17)18/h1-6,8,12H,7H2,(H,17,18)/t12-/m0/s1. The summed E-state index contributed by atoms with van der Waals surface area (Å²) in [5.41, 5.74) is 1.87. The first-order chi connectivity index (χ1) is 9.18. The third-order valence-electron chi connectivity index (χ3n) is 3.25. The molecule has 0 fully saturated rings. The molecule has 1 aromatic carbocycles. The van der Waals surface area contributed by atoms with Crippen LogP contribution in [0, 0.1) is 0 Å². The highest BCUT2D eigenvalue weighted by molar-refractivity contribution is 6.10. The highest BCUT2D eigenvalue weighted by Gasteiger charge is 2.38. The predicted molar refractivity (Wildman–Crippen MR) is 67.1 cm³/mol. The largest absolute Gasteiger partial charge is 0.480 e. The summed E-state index contributed by atoms with van der Waals surface area (Å²) in [7, 11) is 0. The second-order valence-corrected chi connectivity index (χ2v) is 4.37. The van der Waals surface area contributed by atoms with Crippen molar-refractivity contribution in [2.75, 3.05) is 4.90 Å². The average molecular weight is 257 g/mol. The van der Waals surface area contributed by atoms with Crippen LogP contribution in [0.1, 0.15) is 15.9 Å². The van der Waals surface area contributed by atoms with E-state index in [0.717, 1.165) is 5.56 Å². The van der Waals surface area contributed by atoms with Gasteiger partial charge in [0, 0.05) is 12.1 Å². The number of anilines is 1. The van der Waals surface area contributed by atoms with Crippen LogP contribution in [0.4, 0.5) is 5.69 Å². The molecule has 5 nitrogen and oxygen atoms in total. The molecule has 2 aromatic rings. The number of aliphatic carboxylic acids is 1. The van der Waals surface area contributed by atoms with Crippen molar-refractivity contribution >= 4 is 17.6 Å². The van der Waals surface area contributed by atoms with Crippen molar-refractivity contribution in [1.29, 1.82) is 0 Å². The van der Waals surface area contributed by atoms with E-state index in [1.807, 2.05) is 12.1 Å². The lowest BCUT2D eigenvalue weighted by Gasteiger charge is -2.21. The minimum Gasteiger partial charge on any atom is -0.480 e. The van der Waals surface area contributed by atoms with E-state index in [2.05, 4.69) is 0 Å². The van der Waals surface area contributed by atoms with Crippen LogP contribution in [-0.2, 0) is 11.2 Å². The Morgan fingerprint density at radius 1 is 1.26 bits per heavy atom. The molecule has 19 heavy (non-hydrogen) atoms. The molecule has 0 saturated carbocycles. The maximum atomic E-state index is 12.4. The van der Waals surface area contributed by atoms with Crippen LogP contribution < -0.4 is 4.90 Å². The van der Waals surface area contributed by atoms with Gasteiger partial charge in [-0.3, -0.25) is 9.69 Å². The normalized spacial score (nSPS) is 17.3. The molecule has 1 aliphatic rings. The van der Waals surface area contributed by atoms with Gasteiger partial charge in [-0.15, -0.1) is 0 Å². The molecule has 2 heterocycles. The maximum Gasteiger partial charge on any atom is 0.327 e. The number of furan rings is 1. The fourth-order valence-corrected chi connectivity index (χ4v) is 2.36. The van der Waals surface area contributed by atoms with Gasteiger partial charge in [0.15, 0.2) is 0 Å². The molecule has 1 amide bonds. The average Bonchev–Trinajstić information content (AvgIpc) is 3.05. The number of rotatable bonds is 2. The van der Waals surface area contributed by atoms with Gasteiger partial charge in [-0.2, -0.15) is 0 Å². The lowest BCUT2D eigenvalue weighted by atomic mass is 10.1. The lowest BCUT2D eigenvalue weighted by molar-refractivity contribution is -0.138. The van der Waals surface area contributed by atoms with Gasteiger partial charge in [0.25, 0.3) is 5.91 Å². The predicted octanol–water partition coefficient (Wildman–Crippen LogP) is 1.94. The minimum atomic E-state index is -1.01. The highest BCUT2D eigenvalue weighted by Crippen LogP contribution is 2.33. The summed E-state index contributed by atoms with van der Waals surface area (Å²) in [6.45, 7) is 0. The maximum absolute atomic E-state index is 12.4. The van der Waals surface area contributed by atoms with Gasteiger partial charge in [-0.25, -0.2) is 4.79 Å². The molecule has 0 saturated heterocycles. The third-order valence-corrected chi connectivity index (χ3v) is 3.25. The molecular formula is C14H11NO4. The zero-order valence-electron chi connectivity index (χ0n) is 9.95. The van der Waals surface area contributed by atoms with Gasteiger partial charge in [-0.05, 0) is 17.7 Å². The summed E-state index contributed by atoms with van der Waals surface area (Å²) < 4.78 is 4.88. The Morgan fingerprint density at radius 3 is 2.74 bits per heavy atom. The van der Waals surface area contributed by atoms with Gasteiger partial charge >= 0.3 is 5.97 Å².